The van der Waals surface area contributed by atoms with Crippen molar-refractivity contribution in [2.75, 3.05) is 14.2 Å². The number of hydrogen-bond acceptors (Lipinski definition) is 4. The maximum Gasteiger partial charge on any atom is 0.193 e. The van der Waals surface area contributed by atoms with Crippen LogP contribution in [0.3, 0.4) is 0 Å². The van der Waals surface area contributed by atoms with E-state index in [1.807, 2.05) is 24.3 Å². The summed E-state index contributed by atoms with van der Waals surface area (Å²) in [6, 6.07) is 12.3. The zero-order chi connectivity index (χ0) is 15.7. The van der Waals surface area contributed by atoms with Crippen LogP contribution in [0.5, 0.6) is 11.5 Å². The van der Waals surface area contributed by atoms with E-state index in [4.69, 9.17) is 13.9 Å². The highest BCUT2D eigenvalue weighted by Gasteiger charge is 2.12. The molecule has 1 heterocycles. The predicted octanol–water partition coefficient (Wildman–Crippen LogP) is 4.24. The molecule has 0 radical (unpaired) electrons. The Balaban J connectivity index is 2.23. The third-order valence-electron chi connectivity index (χ3n) is 3.36. The van der Waals surface area contributed by atoms with E-state index in [0.717, 1.165) is 10.0 Å². The van der Waals surface area contributed by atoms with Gasteiger partial charge in [0.1, 0.15) is 11.3 Å². The molecule has 22 heavy (non-hydrogen) atoms. The molecule has 0 saturated carbocycles. The highest BCUT2D eigenvalue weighted by Crippen LogP contribution is 2.32. The molecule has 3 rings (SSSR count). The molecule has 0 aliphatic heterocycles. The van der Waals surface area contributed by atoms with E-state index in [9.17, 15) is 4.79 Å². The first-order chi connectivity index (χ1) is 10.6. The molecular weight excluding hydrogens is 348 g/mol. The first-order valence-electron chi connectivity index (χ1n) is 6.58. The molecule has 0 amide bonds. The van der Waals surface area contributed by atoms with Crippen LogP contribution in [0, 0.1) is 0 Å². The average Bonchev–Trinajstić information content (AvgIpc) is 2.54. The van der Waals surface area contributed by atoms with E-state index in [-0.39, 0.29) is 5.43 Å². The van der Waals surface area contributed by atoms with E-state index in [1.54, 1.807) is 19.2 Å². The molecule has 0 atom stereocenters. The van der Waals surface area contributed by atoms with Crippen LogP contribution >= 0.6 is 15.9 Å². The second kappa shape index (κ2) is 5.85. The topological polar surface area (TPSA) is 48.7 Å². The highest BCUT2D eigenvalue weighted by atomic mass is 79.9. The SMILES string of the molecule is COc1cc2oc(-c3ccc(Br)cc3)cc(=O)c2cc1OC. The van der Waals surface area contributed by atoms with Gasteiger partial charge >= 0.3 is 0 Å². The summed E-state index contributed by atoms with van der Waals surface area (Å²) in [4.78, 5) is 12.3. The van der Waals surface area contributed by atoms with Gasteiger partial charge in [0, 0.05) is 22.2 Å². The monoisotopic (exact) mass is 360 g/mol. The zero-order valence-corrected chi connectivity index (χ0v) is 13.6. The number of benzene rings is 2. The lowest BCUT2D eigenvalue weighted by Gasteiger charge is -2.09. The van der Waals surface area contributed by atoms with Gasteiger partial charge in [-0.3, -0.25) is 4.79 Å². The lowest BCUT2D eigenvalue weighted by molar-refractivity contribution is 0.355. The van der Waals surface area contributed by atoms with Crippen LogP contribution in [-0.4, -0.2) is 14.2 Å². The van der Waals surface area contributed by atoms with Crippen molar-refractivity contribution >= 4 is 26.9 Å². The summed E-state index contributed by atoms with van der Waals surface area (Å²) in [5.74, 6) is 1.53. The van der Waals surface area contributed by atoms with Crippen LogP contribution in [0.15, 0.2) is 56.1 Å². The molecule has 0 bridgehead atoms. The fourth-order valence-electron chi connectivity index (χ4n) is 2.24. The molecule has 5 heteroatoms. The van der Waals surface area contributed by atoms with Gasteiger partial charge < -0.3 is 13.9 Å². The second-order valence-corrected chi connectivity index (χ2v) is 5.60. The molecule has 2 aromatic carbocycles. The molecule has 0 fully saturated rings. The van der Waals surface area contributed by atoms with Crippen molar-refractivity contribution in [1.29, 1.82) is 0 Å². The molecular formula is C17H13BrO4. The van der Waals surface area contributed by atoms with Gasteiger partial charge in [-0.05, 0) is 18.2 Å². The van der Waals surface area contributed by atoms with Crippen LogP contribution in [0.1, 0.15) is 0 Å². The quantitative estimate of drug-likeness (QED) is 0.700. The second-order valence-electron chi connectivity index (χ2n) is 4.69. The van der Waals surface area contributed by atoms with E-state index < -0.39 is 0 Å². The number of rotatable bonds is 3. The van der Waals surface area contributed by atoms with Crippen LogP contribution in [0.25, 0.3) is 22.3 Å². The van der Waals surface area contributed by atoms with E-state index in [2.05, 4.69) is 15.9 Å². The maximum atomic E-state index is 12.3. The van der Waals surface area contributed by atoms with E-state index >= 15 is 0 Å². The van der Waals surface area contributed by atoms with Gasteiger partial charge in [0.2, 0.25) is 0 Å². The molecule has 0 N–H and O–H groups in total. The summed E-state index contributed by atoms with van der Waals surface area (Å²) in [6.45, 7) is 0. The molecule has 1 aromatic heterocycles. The van der Waals surface area contributed by atoms with E-state index in [1.165, 1.54) is 13.2 Å². The first-order valence-corrected chi connectivity index (χ1v) is 7.37. The summed E-state index contributed by atoms with van der Waals surface area (Å²) >= 11 is 3.38. The fourth-order valence-corrected chi connectivity index (χ4v) is 2.50. The van der Waals surface area contributed by atoms with Gasteiger partial charge in [0.05, 0.1) is 19.6 Å². The molecule has 0 aliphatic carbocycles. The van der Waals surface area contributed by atoms with Crippen molar-refractivity contribution in [1.82, 2.24) is 0 Å². The number of ether oxygens (including phenoxy) is 2. The van der Waals surface area contributed by atoms with Gasteiger partial charge in [-0.2, -0.15) is 0 Å². The summed E-state index contributed by atoms with van der Waals surface area (Å²) in [6.07, 6.45) is 0. The van der Waals surface area contributed by atoms with Crippen LogP contribution in [0.2, 0.25) is 0 Å². The zero-order valence-electron chi connectivity index (χ0n) is 12.1. The smallest absolute Gasteiger partial charge is 0.193 e. The predicted molar refractivity (Wildman–Crippen MR) is 88.7 cm³/mol. The third-order valence-corrected chi connectivity index (χ3v) is 3.89. The Morgan fingerprint density at radius 3 is 2.23 bits per heavy atom. The number of fused-ring (bicyclic) bond motifs is 1. The summed E-state index contributed by atoms with van der Waals surface area (Å²) in [7, 11) is 3.07. The average molecular weight is 361 g/mol. The Hall–Kier alpha value is -2.27. The largest absolute Gasteiger partial charge is 0.493 e. The lowest BCUT2D eigenvalue weighted by atomic mass is 10.1. The minimum atomic E-state index is -0.125. The van der Waals surface area contributed by atoms with Crippen molar-refractivity contribution in [3.05, 3.63) is 57.2 Å². The first kappa shape index (κ1) is 14.7. The Labute approximate surface area is 135 Å². The third kappa shape index (κ3) is 2.60. The highest BCUT2D eigenvalue weighted by molar-refractivity contribution is 9.10. The maximum absolute atomic E-state index is 12.3. The molecule has 0 spiro atoms. The normalized spacial score (nSPS) is 10.7. The van der Waals surface area contributed by atoms with Crippen LogP contribution < -0.4 is 14.9 Å². The Bertz CT molecular complexity index is 882. The molecule has 112 valence electrons. The minimum absolute atomic E-state index is 0.125. The van der Waals surface area contributed by atoms with Gasteiger partial charge in [-0.25, -0.2) is 0 Å². The number of methoxy groups -OCH3 is 2. The van der Waals surface area contributed by atoms with Crippen molar-refractivity contribution in [3.63, 3.8) is 0 Å². The van der Waals surface area contributed by atoms with Crippen molar-refractivity contribution in [2.24, 2.45) is 0 Å². The fraction of sp³-hybridized carbons (Fsp3) is 0.118. The minimum Gasteiger partial charge on any atom is -0.493 e. The van der Waals surface area contributed by atoms with Crippen molar-refractivity contribution < 1.29 is 13.9 Å². The van der Waals surface area contributed by atoms with Gasteiger partial charge in [-0.15, -0.1) is 0 Å². The van der Waals surface area contributed by atoms with Crippen LogP contribution in [-0.2, 0) is 0 Å². The summed E-state index contributed by atoms with van der Waals surface area (Å²) < 4.78 is 17.3. The van der Waals surface area contributed by atoms with Crippen LogP contribution in [0.4, 0.5) is 0 Å². The van der Waals surface area contributed by atoms with Crippen molar-refractivity contribution in [3.8, 4) is 22.8 Å². The molecule has 0 saturated heterocycles. The molecule has 3 aromatic rings. The van der Waals surface area contributed by atoms with Gasteiger partial charge in [-0.1, -0.05) is 28.1 Å². The molecule has 4 nitrogen and oxygen atoms in total. The Morgan fingerprint density at radius 1 is 0.955 bits per heavy atom. The Morgan fingerprint density at radius 2 is 1.59 bits per heavy atom. The molecule has 0 unspecified atom stereocenters. The number of hydrogen-bond donors (Lipinski definition) is 0. The Kier molecular flexibility index (Phi) is 3.90. The molecule has 0 aliphatic rings. The van der Waals surface area contributed by atoms with E-state index in [0.29, 0.717) is 28.2 Å². The van der Waals surface area contributed by atoms with Gasteiger partial charge in [0.15, 0.2) is 16.9 Å². The van der Waals surface area contributed by atoms with Crippen molar-refractivity contribution in [2.45, 2.75) is 0 Å². The lowest BCUT2D eigenvalue weighted by Crippen LogP contribution is -2.01. The van der Waals surface area contributed by atoms with Gasteiger partial charge in [0.25, 0.3) is 0 Å². The number of halogens is 1. The standard InChI is InChI=1S/C17H13BrO4/c1-20-16-7-12-13(19)8-14(10-3-5-11(18)6-4-10)22-15(12)9-17(16)21-2/h3-9H,1-2H3. The summed E-state index contributed by atoms with van der Waals surface area (Å²) in [5.41, 5.74) is 1.17. The summed E-state index contributed by atoms with van der Waals surface area (Å²) in [5, 5.41) is 0.457.